The van der Waals surface area contributed by atoms with Gasteiger partial charge in [-0.25, -0.2) is 0 Å². The van der Waals surface area contributed by atoms with Gasteiger partial charge in [0.2, 0.25) is 5.91 Å². The van der Waals surface area contributed by atoms with E-state index in [9.17, 15) is 9.59 Å². The summed E-state index contributed by atoms with van der Waals surface area (Å²) in [5, 5.41) is 10.7. The Labute approximate surface area is 87.9 Å². The first-order valence-corrected chi connectivity index (χ1v) is 4.62. The maximum absolute atomic E-state index is 11.2. The number of carbonyl (C=O) groups is 2. The lowest BCUT2D eigenvalue weighted by Crippen LogP contribution is -2.30. The molecule has 0 saturated heterocycles. The second-order valence-corrected chi connectivity index (χ2v) is 3.33. The smallest absolute Gasteiger partial charge is 0.322 e. The van der Waals surface area contributed by atoms with Gasteiger partial charge in [0.15, 0.2) is 0 Å². The van der Waals surface area contributed by atoms with Crippen molar-refractivity contribution in [2.45, 2.75) is 13.3 Å². The fourth-order valence-electron chi connectivity index (χ4n) is 1.13. The summed E-state index contributed by atoms with van der Waals surface area (Å²) in [5.41, 5.74) is 2.01. The van der Waals surface area contributed by atoms with Crippen LogP contribution in [0.15, 0.2) is 24.3 Å². The summed E-state index contributed by atoms with van der Waals surface area (Å²) in [6, 6.07) is 7.55. The molecular formula is C11H13NO3. The largest absolute Gasteiger partial charge is 0.480 e. The fourth-order valence-corrected chi connectivity index (χ4v) is 1.13. The van der Waals surface area contributed by atoms with Gasteiger partial charge in [0.1, 0.15) is 6.54 Å². The summed E-state index contributed by atoms with van der Waals surface area (Å²) in [6.07, 6.45) is 0.216. The average Bonchev–Trinajstić information content (AvgIpc) is 2.19. The van der Waals surface area contributed by atoms with Crippen molar-refractivity contribution in [3.63, 3.8) is 0 Å². The van der Waals surface area contributed by atoms with Crippen LogP contribution < -0.4 is 5.32 Å². The van der Waals surface area contributed by atoms with Gasteiger partial charge >= 0.3 is 5.97 Å². The third kappa shape index (κ3) is 4.26. The van der Waals surface area contributed by atoms with E-state index in [1.807, 2.05) is 31.2 Å². The van der Waals surface area contributed by atoms with E-state index in [2.05, 4.69) is 5.32 Å². The van der Waals surface area contributed by atoms with Gasteiger partial charge in [-0.15, -0.1) is 0 Å². The van der Waals surface area contributed by atoms with Crippen LogP contribution in [0.3, 0.4) is 0 Å². The number of amides is 1. The number of nitrogens with one attached hydrogen (secondary N) is 1. The zero-order chi connectivity index (χ0) is 11.3. The maximum Gasteiger partial charge on any atom is 0.322 e. The van der Waals surface area contributed by atoms with Crippen LogP contribution in [0.5, 0.6) is 0 Å². The van der Waals surface area contributed by atoms with Crippen LogP contribution in [0, 0.1) is 6.92 Å². The molecule has 80 valence electrons. The van der Waals surface area contributed by atoms with Gasteiger partial charge in [-0.1, -0.05) is 29.8 Å². The van der Waals surface area contributed by atoms with E-state index in [0.717, 1.165) is 11.1 Å². The van der Waals surface area contributed by atoms with Gasteiger partial charge < -0.3 is 10.4 Å². The Kier molecular flexibility index (Phi) is 3.85. The number of hydrogen-bond acceptors (Lipinski definition) is 2. The minimum absolute atomic E-state index is 0.216. The molecule has 0 aliphatic heterocycles. The van der Waals surface area contributed by atoms with Crippen LogP contribution in [-0.2, 0) is 16.0 Å². The Morgan fingerprint density at radius 3 is 2.40 bits per heavy atom. The molecule has 0 saturated carbocycles. The van der Waals surface area contributed by atoms with Gasteiger partial charge in [0, 0.05) is 0 Å². The highest BCUT2D eigenvalue weighted by atomic mass is 16.4. The van der Waals surface area contributed by atoms with Crippen molar-refractivity contribution < 1.29 is 14.7 Å². The predicted octanol–water partition coefficient (Wildman–Crippen LogP) is 0.738. The number of carbonyl (C=O) groups excluding carboxylic acids is 1. The molecular weight excluding hydrogens is 194 g/mol. The van der Waals surface area contributed by atoms with E-state index in [-0.39, 0.29) is 18.9 Å². The number of aryl methyl sites for hydroxylation is 1. The van der Waals surface area contributed by atoms with E-state index >= 15 is 0 Å². The monoisotopic (exact) mass is 207 g/mol. The molecule has 0 unspecified atom stereocenters. The molecule has 0 heterocycles. The van der Waals surface area contributed by atoms with E-state index < -0.39 is 5.97 Å². The first kappa shape index (κ1) is 11.2. The molecule has 15 heavy (non-hydrogen) atoms. The van der Waals surface area contributed by atoms with E-state index in [1.165, 1.54) is 0 Å². The van der Waals surface area contributed by atoms with E-state index in [0.29, 0.717) is 0 Å². The lowest BCUT2D eigenvalue weighted by molar-refractivity contribution is -0.137. The summed E-state index contributed by atoms with van der Waals surface area (Å²) < 4.78 is 0. The molecule has 0 fully saturated rings. The Hall–Kier alpha value is -1.84. The van der Waals surface area contributed by atoms with Crippen LogP contribution in [0.25, 0.3) is 0 Å². The highest BCUT2D eigenvalue weighted by molar-refractivity contribution is 5.82. The first-order chi connectivity index (χ1) is 7.08. The van der Waals surface area contributed by atoms with Crippen molar-refractivity contribution in [2.75, 3.05) is 6.54 Å². The van der Waals surface area contributed by atoms with Gasteiger partial charge in [-0.2, -0.15) is 0 Å². The van der Waals surface area contributed by atoms with Crippen LogP contribution in [0.4, 0.5) is 0 Å². The highest BCUT2D eigenvalue weighted by Gasteiger charge is 2.04. The van der Waals surface area contributed by atoms with Crippen LogP contribution in [-0.4, -0.2) is 23.5 Å². The Morgan fingerprint density at radius 2 is 1.87 bits per heavy atom. The Balaban J connectivity index is 2.44. The standard InChI is InChI=1S/C11H13NO3/c1-8-2-4-9(5-3-8)6-10(13)12-7-11(14)15/h2-5H,6-7H2,1H3,(H,12,13)(H,14,15). The molecule has 1 rings (SSSR count). The molecule has 1 aromatic rings. The molecule has 0 aliphatic rings. The Morgan fingerprint density at radius 1 is 1.27 bits per heavy atom. The van der Waals surface area contributed by atoms with Gasteiger partial charge in [-0.05, 0) is 12.5 Å². The lowest BCUT2D eigenvalue weighted by Gasteiger charge is -2.02. The molecule has 0 bridgehead atoms. The first-order valence-electron chi connectivity index (χ1n) is 4.62. The van der Waals surface area contributed by atoms with Crippen molar-refractivity contribution in [2.24, 2.45) is 0 Å². The second kappa shape index (κ2) is 5.14. The number of carboxylic acids is 1. The summed E-state index contributed by atoms with van der Waals surface area (Å²) in [5.74, 6) is -1.31. The molecule has 2 N–H and O–H groups in total. The average molecular weight is 207 g/mol. The highest BCUT2D eigenvalue weighted by Crippen LogP contribution is 2.03. The molecule has 0 spiro atoms. The zero-order valence-electron chi connectivity index (χ0n) is 8.49. The molecule has 1 amide bonds. The topological polar surface area (TPSA) is 66.4 Å². The molecule has 0 atom stereocenters. The zero-order valence-corrected chi connectivity index (χ0v) is 8.49. The van der Waals surface area contributed by atoms with Crippen molar-refractivity contribution in [3.05, 3.63) is 35.4 Å². The van der Waals surface area contributed by atoms with Gasteiger partial charge in [-0.3, -0.25) is 9.59 Å². The third-order valence-electron chi connectivity index (χ3n) is 1.92. The molecule has 0 aliphatic carbocycles. The van der Waals surface area contributed by atoms with Gasteiger partial charge in [0.25, 0.3) is 0 Å². The van der Waals surface area contributed by atoms with E-state index in [1.54, 1.807) is 0 Å². The second-order valence-electron chi connectivity index (χ2n) is 3.33. The quantitative estimate of drug-likeness (QED) is 0.765. The SMILES string of the molecule is Cc1ccc(CC(=O)NCC(=O)O)cc1. The fraction of sp³-hybridized carbons (Fsp3) is 0.273. The number of hydrogen-bond donors (Lipinski definition) is 2. The summed E-state index contributed by atoms with van der Waals surface area (Å²) >= 11 is 0. The molecule has 1 aromatic carbocycles. The van der Waals surface area contributed by atoms with Crippen LogP contribution >= 0.6 is 0 Å². The predicted molar refractivity (Wildman–Crippen MR) is 55.5 cm³/mol. The van der Waals surface area contributed by atoms with Gasteiger partial charge in [0.05, 0.1) is 6.42 Å². The number of rotatable bonds is 4. The number of aliphatic carboxylic acids is 1. The van der Waals surface area contributed by atoms with E-state index in [4.69, 9.17) is 5.11 Å². The molecule has 4 heteroatoms. The molecule has 0 aromatic heterocycles. The molecule has 0 radical (unpaired) electrons. The van der Waals surface area contributed by atoms with Crippen molar-refractivity contribution in [3.8, 4) is 0 Å². The van der Waals surface area contributed by atoms with Crippen LogP contribution in [0.2, 0.25) is 0 Å². The normalized spacial score (nSPS) is 9.67. The lowest BCUT2D eigenvalue weighted by atomic mass is 10.1. The number of benzene rings is 1. The minimum atomic E-state index is -1.03. The number of carboxylic acid groups (broad SMARTS) is 1. The molecule has 4 nitrogen and oxygen atoms in total. The van der Waals surface area contributed by atoms with Crippen molar-refractivity contribution in [1.29, 1.82) is 0 Å². The third-order valence-corrected chi connectivity index (χ3v) is 1.92. The summed E-state index contributed by atoms with van der Waals surface area (Å²) in [7, 11) is 0. The maximum atomic E-state index is 11.2. The van der Waals surface area contributed by atoms with Crippen molar-refractivity contribution in [1.82, 2.24) is 5.32 Å². The minimum Gasteiger partial charge on any atom is -0.480 e. The van der Waals surface area contributed by atoms with Crippen LogP contribution in [0.1, 0.15) is 11.1 Å². The summed E-state index contributed by atoms with van der Waals surface area (Å²) in [4.78, 5) is 21.4. The Bertz CT molecular complexity index is 357. The summed E-state index contributed by atoms with van der Waals surface area (Å²) in [6.45, 7) is 1.64. The van der Waals surface area contributed by atoms with Crippen molar-refractivity contribution >= 4 is 11.9 Å².